The number of nitrogens with zero attached hydrogens (tertiary/aromatic N) is 1. The Kier molecular flexibility index (Phi) is 4.36. The molecule has 0 radical (unpaired) electrons. The summed E-state index contributed by atoms with van der Waals surface area (Å²) in [6.45, 7) is 0.601. The number of anilines is 1. The van der Waals surface area contributed by atoms with Gasteiger partial charge in [-0.15, -0.1) is 0 Å². The fourth-order valence-corrected chi connectivity index (χ4v) is 2.20. The van der Waals surface area contributed by atoms with Gasteiger partial charge in [-0.2, -0.15) is 0 Å². The first-order valence-electron chi connectivity index (χ1n) is 6.57. The molecule has 0 aromatic heterocycles. The first-order valence-corrected chi connectivity index (χ1v) is 6.57. The van der Waals surface area contributed by atoms with Crippen molar-refractivity contribution in [3.63, 3.8) is 0 Å². The van der Waals surface area contributed by atoms with Gasteiger partial charge >= 0.3 is 0 Å². The average molecular weight is 292 g/mol. The van der Waals surface area contributed by atoms with Crippen molar-refractivity contribution in [1.29, 1.82) is 0 Å². The van der Waals surface area contributed by atoms with E-state index >= 15 is 0 Å². The predicted octanol–water partition coefficient (Wildman–Crippen LogP) is 0.645. The smallest absolute Gasteiger partial charge is 0.270 e. The van der Waals surface area contributed by atoms with Gasteiger partial charge in [-0.05, 0) is 18.9 Å². The highest BCUT2D eigenvalue weighted by molar-refractivity contribution is 6.02. The van der Waals surface area contributed by atoms with Crippen molar-refractivity contribution < 1.29 is 14.5 Å². The first-order chi connectivity index (χ1) is 10.0. The molecule has 0 saturated carbocycles. The van der Waals surface area contributed by atoms with E-state index < -0.39 is 16.9 Å². The molecule has 8 nitrogen and oxygen atoms in total. The second kappa shape index (κ2) is 6.21. The summed E-state index contributed by atoms with van der Waals surface area (Å²) in [4.78, 5) is 34.1. The van der Waals surface area contributed by atoms with Crippen molar-refractivity contribution in [1.82, 2.24) is 10.6 Å². The lowest BCUT2D eigenvalue weighted by Gasteiger charge is -2.23. The monoisotopic (exact) mass is 292 g/mol. The van der Waals surface area contributed by atoms with E-state index in [1.165, 1.54) is 18.2 Å². The third-order valence-electron chi connectivity index (χ3n) is 3.32. The number of carbonyl (C=O) groups is 2. The van der Waals surface area contributed by atoms with Crippen LogP contribution in [0.2, 0.25) is 0 Å². The molecular formula is C13H16N4O4. The molecule has 1 fully saturated rings. The number of piperidine rings is 1. The van der Waals surface area contributed by atoms with E-state index in [0.717, 1.165) is 6.42 Å². The van der Waals surface area contributed by atoms with Gasteiger partial charge in [-0.3, -0.25) is 19.7 Å². The van der Waals surface area contributed by atoms with Crippen molar-refractivity contribution in [2.75, 3.05) is 18.9 Å². The molecule has 2 amide bonds. The summed E-state index contributed by atoms with van der Waals surface area (Å²) in [5.74, 6) is -0.740. The number of amides is 2. The number of nitro benzene ring substituents is 1. The Balaban J connectivity index is 2.22. The third-order valence-corrected chi connectivity index (χ3v) is 3.32. The van der Waals surface area contributed by atoms with Crippen LogP contribution in [0.4, 0.5) is 11.4 Å². The normalized spacial score (nSPS) is 17.8. The number of hydrogen-bond acceptors (Lipinski definition) is 5. The van der Waals surface area contributed by atoms with Crippen molar-refractivity contribution in [2.45, 2.75) is 18.9 Å². The lowest BCUT2D eigenvalue weighted by molar-refractivity contribution is -0.384. The van der Waals surface area contributed by atoms with Crippen LogP contribution in [0, 0.1) is 10.1 Å². The molecular weight excluding hydrogens is 276 g/mol. The molecule has 3 N–H and O–H groups in total. The topological polar surface area (TPSA) is 113 Å². The number of nitrogens with one attached hydrogen (secondary N) is 3. The zero-order valence-electron chi connectivity index (χ0n) is 11.5. The molecule has 1 aromatic rings. The van der Waals surface area contributed by atoms with Crippen LogP contribution in [0.1, 0.15) is 23.2 Å². The Labute approximate surface area is 121 Å². The molecule has 1 atom stereocenters. The molecule has 0 spiro atoms. The van der Waals surface area contributed by atoms with Gasteiger partial charge in [0.2, 0.25) is 5.91 Å². The van der Waals surface area contributed by atoms with Crippen molar-refractivity contribution in [2.24, 2.45) is 0 Å². The van der Waals surface area contributed by atoms with E-state index in [-0.39, 0.29) is 17.2 Å². The van der Waals surface area contributed by atoms with E-state index in [4.69, 9.17) is 0 Å². The fraction of sp³-hybridized carbons (Fsp3) is 0.385. The maximum absolute atomic E-state index is 12.3. The summed E-state index contributed by atoms with van der Waals surface area (Å²) < 4.78 is 0. The Morgan fingerprint density at radius 2 is 2.24 bits per heavy atom. The molecule has 0 aliphatic carbocycles. The van der Waals surface area contributed by atoms with Gasteiger partial charge in [0.1, 0.15) is 6.04 Å². The number of rotatable bonds is 4. The average Bonchev–Trinajstić information content (AvgIpc) is 2.48. The molecule has 21 heavy (non-hydrogen) atoms. The molecule has 1 heterocycles. The number of carbonyl (C=O) groups excluding carboxylic acids is 2. The molecule has 1 saturated heterocycles. The molecule has 0 bridgehead atoms. The van der Waals surface area contributed by atoms with Crippen molar-refractivity contribution in [3.05, 3.63) is 33.9 Å². The van der Waals surface area contributed by atoms with Gasteiger partial charge in [0, 0.05) is 31.4 Å². The van der Waals surface area contributed by atoms with E-state index in [2.05, 4.69) is 16.0 Å². The molecule has 112 valence electrons. The maximum Gasteiger partial charge on any atom is 0.270 e. The Morgan fingerprint density at radius 3 is 2.86 bits per heavy atom. The lowest BCUT2D eigenvalue weighted by Crippen LogP contribution is -2.50. The van der Waals surface area contributed by atoms with Gasteiger partial charge in [-0.25, -0.2) is 0 Å². The van der Waals surface area contributed by atoms with E-state index in [9.17, 15) is 19.7 Å². The van der Waals surface area contributed by atoms with Crippen LogP contribution in [-0.4, -0.2) is 36.4 Å². The fourth-order valence-electron chi connectivity index (χ4n) is 2.20. The van der Waals surface area contributed by atoms with Crippen LogP contribution in [0.5, 0.6) is 0 Å². The Bertz CT molecular complexity index is 588. The van der Waals surface area contributed by atoms with Crippen molar-refractivity contribution >= 4 is 23.2 Å². The summed E-state index contributed by atoms with van der Waals surface area (Å²) >= 11 is 0. The summed E-state index contributed by atoms with van der Waals surface area (Å²) in [6, 6.07) is 3.38. The van der Waals surface area contributed by atoms with Crippen LogP contribution in [-0.2, 0) is 4.79 Å². The van der Waals surface area contributed by atoms with Crippen LogP contribution in [0.25, 0.3) is 0 Å². The SMILES string of the molecule is CNc1ccc([N+](=O)[O-])cc1C(=O)NC1CCCNC1=O. The van der Waals surface area contributed by atoms with Crippen LogP contribution < -0.4 is 16.0 Å². The summed E-state index contributed by atoms with van der Waals surface area (Å²) in [5.41, 5.74) is 0.437. The summed E-state index contributed by atoms with van der Waals surface area (Å²) in [6.07, 6.45) is 1.34. The van der Waals surface area contributed by atoms with E-state index in [1.807, 2.05) is 0 Å². The number of benzene rings is 1. The predicted molar refractivity (Wildman–Crippen MR) is 76.1 cm³/mol. The summed E-state index contributed by atoms with van der Waals surface area (Å²) in [7, 11) is 1.62. The largest absolute Gasteiger partial charge is 0.387 e. The molecule has 1 aromatic carbocycles. The summed E-state index contributed by atoms with van der Waals surface area (Å²) in [5, 5.41) is 18.9. The van der Waals surface area contributed by atoms with E-state index in [1.54, 1.807) is 7.05 Å². The van der Waals surface area contributed by atoms with Gasteiger partial charge < -0.3 is 16.0 Å². The zero-order chi connectivity index (χ0) is 15.4. The minimum Gasteiger partial charge on any atom is -0.387 e. The molecule has 8 heteroatoms. The Morgan fingerprint density at radius 1 is 1.48 bits per heavy atom. The van der Waals surface area contributed by atoms with Crippen LogP contribution in [0.15, 0.2) is 18.2 Å². The standard InChI is InChI=1S/C13H16N4O4/c1-14-10-5-4-8(17(20)21)7-9(10)12(18)16-11-3-2-6-15-13(11)19/h4-5,7,11,14H,2-3,6H2,1H3,(H,15,19)(H,16,18). The molecule has 1 aliphatic rings. The lowest BCUT2D eigenvalue weighted by atomic mass is 10.1. The number of nitro groups is 1. The zero-order valence-corrected chi connectivity index (χ0v) is 11.5. The van der Waals surface area contributed by atoms with Gasteiger partial charge in [0.25, 0.3) is 11.6 Å². The van der Waals surface area contributed by atoms with E-state index in [0.29, 0.717) is 18.7 Å². The number of hydrogen-bond donors (Lipinski definition) is 3. The molecule has 1 aliphatic heterocycles. The van der Waals surface area contributed by atoms with Crippen LogP contribution in [0.3, 0.4) is 0 Å². The maximum atomic E-state index is 12.3. The Hall–Kier alpha value is -2.64. The minimum absolute atomic E-state index is 0.144. The highest BCUT2D eigenvalue weighted by atomic mass is 16.6. The molecule has 2 rings (SSSR count). The molecule has 1 unspecified atom stereocenters. The van der Waals surface area contributed by atoms with Crippen LogP contribution >= 0.6 is 0 Å². The van der Waals surface area contributed by atoms with Gasteiger partial charge in [-0.1, -0.05) is 0 Å². The quantitative estimate of drug-likeness (QED) is 0.557. The number of non-ortho nitro benzene ring substituents is 1. The highest BCUT2D eigenvalue weighted by Crippen LogP contribution is 2.22. The van der Waals surface area contributed by atoms with Gasteiger partial charge in [0.05, 0.1) is 10.5 Å². The first kappa shape index (κ1) is 14.8. The minimum atomic E-state index is -0.602. The second-order valence-corrected chi connectivity index (χ2v) is 4.70. The highest BCUT2D eigenvalue weighted by Gasteiger charge is 2.25. The second-order valence-electron chi connectivity index (χ2n) is 4.70. The van der Waals surface area contributed by atoms with Gasteiger partial charge in [0.15, 0.2) is 0 Å². The third kappa shape index (κ3) is 3.28. The van der Waals surface area contributed by atoms with Crippen molar-refractivity contribution in [3.8, 4) is 0 Å².